The highest BCUT2D eigenvalue weighted by Gasteiger charge is 2.04. The van der Waals surface area contributed by atoms with E-state index in [1.807, 2.05) is 30.3 Å². The second kappa shape index (κ2) is 5.77. The fraction of sp³-hybridized carbons (Fsp3) is 0.0769. The van der Waals surface area contributed by atoms with Crippen molar-refractivity contribution in [2.45, 2.75) is 6.61 Å². The van der Waals surface area contributed by atoms with Gasteiger partial charge in [0.15, 0.2) is 0 Å². The van der Waals surface area contributed by atoms with Gasteiger partial charge < -0.3 is 4.74 Å². The van der Waals surface area contributed by atoms with Crippen LogP contribution in [0.1, 0.15) is 5.56 Å². The summed E-state index contributed by atoms with van der Waals surface area (Å²) < 4.78 is 17.7. The Morgan fingerprint density at radius 2 is 2.06 bits per heavy atom. The number of hydrogen-bond donors (Lipinski definition) is 1. The zero-order valence-electron chi connectivity index (χ0n) is 9.47. The summed E-state index contributed by atoms with van der Waals surface area (Å²) in [5.41, 5.74) is 1.19. The molecule has 1 amide bonds. The highest BCUT2D eigenvalue weighted by atomic mass is 19.1. The third kappa shape index (κ3) is 3.55. The van der Waals surface area contributed by atoms with Gasteiger partial charge in [0.05, 0.1) is 5.69 Å². The SMILES string of the molecule is O=C(Nc1ccnc(F)c1)OCc1ccccc1. The van der Waals surface area contributed by atoms with Crippen LogP contribution in [0.25, 0.3) is 0 Å². The molecule has 18 heavy (non-hydrogen) atoms. The zero-order valence-corrected chi connectivity index (χ0v) is 9.47. The standard InChI is InChI=1S/C13H11FN2O2/c14-12-8-11(6-7-15-12)16-13(17)18-9-10-4-2-1-3-5-10/h1-8H,9H2,(H,15,16,17). The van der Waals surface area contributed by atoms with Gasteiger partial charge in [-0.1, -0.05) is 30.3 Å². The molecule has 1 N–H and O–H groups in total. The van der Waals surface area contributed by atoms with Crippen molar-refractivity contribution < 1.29 is 13.9 Å². The van der Waals surface area contributed by atoms with E-state index < -0.39 is 12.0 Å². The van der Waals surface area contributed by atoms with Crippen molar-refractivity contribution in [1.29, 1.82) is 0 Å². The van der Waals surface area contributed by atoms with Crippen molar-refractivity contribution in [3.05, 3.63) is 60.2 Å². The maximum Gasteiger partial charge on any atom is 0.411 e. The summed E-state index contributed by atoms with van der Waals surface area (Å²) in [6.45, 7) is 0.167. The molecule has 0 aliphatic heterocycles. The van der Waals surface area contributed by atoms with Crippen LogP contribution in [0.3, 0.4) is 0 Å². The lowest BCUT2D eigenvalue weighted by atomic mass is 10.2. The van der Waals surface area contributed by atoms with Gasteiger partial charge in [-0.2, -0.15) is 4.39 Å². The summed E-state index contributed by atoms with van der Waals surface area (Å²) in [5.74, 6) is -0.657. The van der Waals surface area contributed by atoms with E-state index in [9.17, 15) is 9.18 Å². The highest BCUT2D eigenvalue weighted by molar-refractivity contribution is 5.84. The quantitative estimate of drug-likeness (QED) is 0.847. The number of nitrogens with zero attached hydrogens (tertiary/aromatic N) is 1. The molecule has 1 heterocycles. The summed E-state index contributed by atoms with van der Waals surface area (Å²) in [6, 6.07) is 11.9. The third-order valence-corrected chi connectivity index (χ3v) is 2.19. The van der Waals surface area contributed by atoms with Crippen LogP contribution in [0.4, 0.5) is 14.9 Å². The van der Waals surface area contributed by atoms with Gasteiger partial charge in [-0.15, -0.1) is 0 Å². The van der Waals surface area contributed by atoms with Gasteiger partial charge >= 0.3 is 6.09 Å². The molecule has 2 aromatic rings. The Morgan fingerprint density at radius 3 is 2.78 bits per heavy atom. The monoisotopic (exact) mass is 246 g/mol. The summed E-state index contributed by atoms with van der Waals surface area (Å²) in [4.78, 5) is 14.8. The lowest BCUT2D eigenvalue weighted by Crippen LogP contribution is -2.13. The molecule has 0 atom stereocenters. The summed E-state index contributed by atoms with van der Waals surface area (Å²) in [6.07, 6.45) is 0.631. The van der Waals surface area contributed by atoms with Gasteiger partial charge in [-0.25, -0.2) is 9.78 Å². The fourth-order valence-electron chi connectivity index (χ4n) is 1.36. The van der Waals surface area contributed by atoms with Crippen molar-refractivity contribution >= 4 is 11.8 Å². The Hall–Kier alpha value is -2.43. The van der Waals surface area contributed by atoms with E-state index in [2.05, 4.69) is 10.3 Å². The predicted molar refractivity (Wildman–Crippen MR) is 64.4 cm³/mol. The van der Waals surface area contributed by atoms with Crippen LogP contribution < -0.4 is 5.32 Å². The highest BCUT2D eigenvalue weighted by Crippen LogP contribution is 2.08. The Bertz CT molecular complexity index is 532. The molecule has 0 aliphatic rings. The van der Waals surface area contributed by atoms with Crippen molar-refractivity contribution in [3.8, 4) is 0 Å². The van der Waals surface area contributed by atoms with Gasteiger partial charge in [0.25, 0.3) is 0 Å². The largest absolute Gasteiger partial charge is 0.444 e. The van der Waals surface area contributed by atoms with Crippen LogP contribution in [-0.2, 0) is 11.3 Å². The van der Waals surface area contributed by atoms with Crippen LogP contribution >= 0.6 is 0 Å². The van der Waals surface area contributed by atoms with E-state index >= 15 is 0 Å². The number of carbonyl (C=O) groups excluding carboxylic acids is 1. The smallest absolute Gasteiger partial charge is 0.411 e. The molecule has 92 valence electrons. The molecule has 0 aliphatic carbocycles. The number of halogens is 1. The number of pyridine rings is 1. The minimum atomic E-state index is -0.657. The topological polar surface area (TPSA) is 51.2 Å². The van der Waals surface area contributed by atoms with E-state index in [0.717, 1.165) is 11.6 Å². The Labute approximate surface area is 103 Å². The molecule has 4 nitrogen and oxygen atoms in total. The van der Waals surface area contributed by atoms with Crippen LogP contribution in [0.2, 0.25) is 0 Å². The first-order valence-corrected chi connectivity index (χ1v) is 5.33. The average molecular weight is 246 g/mol. The predicted octanol–water partition coefficient (Wildman–Crippen LogP) is 2.97. The first-order valence-electron chi connectivity index (χ1n) is 5.33. The number of amides is 1. The zero-order chi connectivity index (χ0) is 12.8. The van der Waals surface area contributed by atoms with Crippen LogP contribution in [0.15, 0.2) is 48.7 Å². The third-order valence-electron chi connectivity index (χ3n) is 2.19. The molecule has 5 heteroatoms. The summed E-state index contributed by atoms with van der Waals surface area (Å²) in [7, 11) is 0. The molecule has 1 aromatic carbocycles. The van der Waals surface area contributed by atoms with E-state index in [4.69, 9.17) is 4.74 Å². The lowest BCUT2D eigenvalue weighted by molar-refractivity contribution is 0.155. The first-order chi connectivity index (χ1) is 8.74. The number of ether oxygens (including phenoxy) is 1. The molecule has 0 spiro atoms. The van der Waals surface area contributed by atoms with E-state index in [1.54, 1.807) is 0 Å². The van der Waals surface area contributed by atoms with Gasteiger partial charge in [-0.3, -0.25) is 5.32 Å². The summed E-state index contributed by atoms with van der Waals surface area (Å²) in [5, 5.41) is 2.41. The maximum absolute atomic E-state index is 12.8. The van der Waals surface area contributed by atoms with Crippen LogP contribution in [0, 0.1) is 5.95 Å². The average Bonchev–Trinajstić information content (AvgIpc) is 2.38. The molecule has 0 saturated heterocycles. The minimum Gasteiger partial charge on any atom is -0.444 e. The Balaban J connectivity index is 1.86. The molecule has 0 bridgehead atoms. The second-order valence-electron chi connectivity index (χ2n) is 3.55. The molecule has 0 radical (unpaired) electrons. The van der Waals surface area contributed by atoms with E-state index in [-0.39, 0.29) is 6.61 Å². The van der Waals surface area contributed by atoms with Crippen LogP contribution in [-0.4, -0.2) is 11.1 Å². The number of rotatable bonds is 3. The summed E-state index contributed by atoms with van der Waals surface area (Å²) >= 11 is 0. The molecule has 0 unspecified atom stereocenters. The number of benzene rings is 1. The minimum absolute atomic E-state index is 0.167. The van der Waals surface area contributed by atoms with Crippen molar-refractivity contribution in [2.24, 2.45) is 0 Å². The molecule has 2 rings (SSSR count). The Kier molecular flexibility index (Phi) is 3.86. The number of nitrogens with one attached hydrogen (secondary N) is 1. The molecule has 1 aromatic heterocycles. The molecule has 0 fully saturated rings. The molecule has 0 saturated carbocycles. The number of carbonyl (C=O) groups is 1. The second-order valence-corrected chi connectivity index (χ2v) is 3.55. The normalized spacial score (nSPS) is 9.83. The fourth-order valence-corrected chi connectivity index (χ4v) is 1.36. The maximum atomic E-state index is 12.8. The van der Waals surface area contributed by atoms with Gasteiger partial charge in [-0.05, 0) is 11.6 Å². The Morgan fingerprint density at radius 1 is 1.28 bits per heavy atom. The molecular formula is C13H11FN2O2. The van der Waals surface area contributed by atoms with Crippen molar-refractivity contribution in [2.75, 3.05) is 5.32 Å². The number of anilines is 1. The first kappa shape index (κ1) is 12.0. The van der Waals surface area contributed by atoms with Crippen LogP contribution in [0.5, 0.6) is 0 Å². The van der Waals surface area contributed by atoms with Crippen molar-refractivity contribution in [3.63, 3.8) is 0 Å². The van der Waals surface area contributed by atoms with E-state index in [1.165, 1.54) is 12.3 Å². The number of hydrogen-bond acceptors (Lipinski definition) is 3. The van der Waals surface area contributed by atoms with Gasteiger partial charge in [0.2, 0.25) is 5.95 Å². The lowest BCUT2D eigenvalue weighted by Gasteiger charge is -2.06. The van der Waals surface area contributed by atoms with Gasteiger partial charge in [0.1, 0.15) is 6.61 Å². The number of aromatic nitrogens is 1. The van der Waals surface area contributed by atoms with Gasteiger partial charge in [0, 0.05) is 12.3 Å². The molecular weight excluding hydrogens is 235 g/mol. The van der Waals surface area contributed by atoms with Crippen molar-refractivity contribution in [1.82, 2.24) is 4.98 Å². The van der Waals surface area contributed by atoms with E-state index in [0.29, 0.717) is 5.69 Å².